The number of anilines is 2. The smallest absolute Gasteiger partial charge is 0.324 e. The van der Waals surface area contributed by atoms with Crippen LogP contribution in [0, 0.1) is 6.92 Å². The highest BCUT2D eigenvalue weighted by Crippen LogP contribution is 2.29. The van der Waals surface area contributed by atoms with Crippen LogP contribution in [0.2, 0.25) is 0 Å². The van der Waals surface area contributed by atoms with E-state index >= 15 is 0 Å². The monoisotopic (exact) mass is 329 g/mol. The van der Waals surface area contributed by atoms with Crippen LogP contribution < -0.4 is 5.32 Å². The number of aryl methyl sites for hydroxylation is 1. The minimum Gasteiger partial charge on any atom is -0.324 e. The molecule has 0 saturated heterocycles. The summed E-state index contributed by atoms with van der Waals surface area (Å²) < 4.78 is 38.1. The summed E-state index contributed by atoms with van der Waals surface area (Å²) in [6.45, 7) is 2.00. The van der Waals surface area contributed by atoms with Crippen LogP contribution in [-0.4, -0.2) is 9.97 Å². The van der Waals surface area contributed by atoms with E-state index in [9.17, 15) is 13.2 Å². The van der Waals surface area contributed by atoms with E-state index < -0.39 is 11.9 Å². The molecule has 0 aliphatic heterocycles. The molecule has 0 fully saturated rings. The highest BCUT2D eigenvalue weighted by atomic mass is 19.4. The van der Waals surface area contributed by atoms with E-state index in [0.29, 0.717) is 5.69 Å². The van der Waals surface area contributed by atoms with E-state index in [4.69, 9.17) is 0 Å². The Bertz CT molecular complexity index is 860. The van der Waals surface area contributed by atoms with Crippen molar-refractivity contribution in [3.63, 3.8) is 0 Å². The van der Waals surface area contributed by atoms with E-state index in [0.717, 1.165) is 29.0 Å². The molecule has 3 nitrogen and oxygen atoms in total. The van der Waals surface area contributed by atoms with E-state index in [-0.39, 0.29) is 5.95 Å². The molecule has 1 heterocycles. The van der Waals surface area contributed by atoms with Crippen molar-refractivity contribution in [2.45, 2.75) is 13.1 Å². The number of benzene rings is 2. The van der Waals surface area contributed by atoms with Crippen molar-refractivity contribution < 1.29 is 13.2 Å². The Morgan fingerprint density at radius 2 is 1.62 bits per heavy atom. The Morgan fingerprint density at radius 3 is 2.33 bits per heavy atom. The number of aromatic nitrogens is 2. The lowest BCUT2D eigenvalue weighted by atomic mass is 10.0. The minimum absolute atomic E-state index is 0.0915. The molecule has 24 heavy (non-hydrogen) atoms. The van der Waals surface area contributed by atoms with Crippen molar-refractivity contribution in [3.8, 4) is 11.1 Å². The average Bonchev–Trinajstić information content (AvgIpc) is 2.55. The van der Waals surface area contributed by atoms with Gasteiger partial charge in [-0.3, -0.25) is 0 Å². The molecule has 3 aromatic rings. The van der Waals surface area contributed by atoms with Crippen LogP contribution in [0.15, 0.2) is 60.8 Å². The summed E-state index contributed by atoms with van der Waals surface area (Å²) in [6.07, 6.45) is -3.41. The molecule has 0 unspecified atom stereocenters. The second-order valence-electron chi connectivity index (χ2n) is 5.34. The maximum absolute atomic E-state index is 12.7. The Labute approximate surface area is 137 Å². The van der Waals surface area contributed by atoms with Gasteiger partial charge in [-0.1, -0.05) is 42.0 Å². The Hall–Kier alpha value is -2.89. The van der Waals surface area contributed by atoms with Gasteiger partial charge in [0.15, 0.2) is 0 Å². The number of alkyl halides is 3. The molecule has 0 atom stereocenters. The first-order valence-electron chi connectivity index (χ1n) is 7.26. The summed E-state index contributed by atoms with van der Waals surface area (Å²) >= 11 is 0. The summed E-state index contributed by atoms with van der Waals surface area (Å²) in [5.74, 6) is -0.0915. The first-order chi connectivity index (χ1) is 11.4. The first kappa shape index (κ1) is 16.0. The second kappa shape index (κ2) is 6.31. The van der Waals surface area contributed by atoms with Crippen LogP contribution in [0.3, 0.4) is 0 Å². The van der Waals surface area contributed by atoms with Gasteiger partial charge < -0.3 is 5.32 Å². The average molecular weight is 329 g/mol. The molecule has 0 aliphatic carbocycles. The van der Waals surface area contributed by atoms with E-state index in [2.05, 4.69) is 15.3 Å². The Balaban J connectivity index is 1.88. The third-order valence-corrected chi connectivity index (χ3v) is 3.42. The van der Waals surface area contributed by atoms with Crippen LogP contribution in [0.5, 0.6) is 0 Å². The molecule has 0 aliphatic rings. The molecule has 2 aromatic carbocycles. The first-order valence-corrected chi connectivity index (χ1v) is 7.26. The molecule has 0 amide bonds. The quantitative estimate of drug-likeness (QED) is 0.716. The van der Waals surface area contributed by atoms with Gasteiger partial charge in [-0.25, -0.2) is 9.97 Å². The molecule has 6 heteroatoms. The summed E-state index contributed by atoms with van der Waals surface area (Å²) in [6, 6.07) is 16.2. The third kappa shape index (κ3) is 3.71. The van der Waals surface area contributed by atoms with Crippen molar-refractivity contribution in [1.82, 2.24) is 9.97 Å². The molecular weight excluding hydrogens is 315 g/mol. The van der Waals surface area contributed by atoms with E-state index in [1.165, 1.54) is 0 Å². The summed E-state index contributed by atoms with van der Waals surface area (Å²) in [4.78, 5) is 7.35. The fraction of sp³-hybridized carbons (Fsp3) is 0.111. The zero-order valence-electron chi connectivity index (χ0n) is 12.8. The van der Waals surface area contributed by atoms with Gasteiger partial charge in [0.05, 0.1) is 0 Å². The summed E-state index contributed by atoms with van der Waals surface area (Å²) in [5.41, 5.74) is 2.76. The van der Waals surface area contributed by atoms with E-state index in [1.807, 2.05) is 49.4 Å². The van der Waals surface area contributed by atoms with Gasteiger partial charge in [-0.05, 0) is 36.2 Å². The zero-order chi connectivity index (χ0) is 17.2. The fourth-order valence-corrected chi connectivity index (χ4v) is 2.31. The Kier molecular flexibility index (Phi) is 4.20. The zero-order valence-corrected chi connectivity index (χ0v) is 12.8. The maximum Gasteiger partial charge on any atom is 0.433 e. The topological polar surface area (TPSA) is 37.8 Å². The van der Waals surface area contributed by atoms with Crippen molar-refractivity contribution in [1.29, 1.82) is 0 Å². The lowest BCUT2D eigenvalue weighted by Gasteiger charge is -2.10. The van der Waals surface area contributed by atoms with Gasteiger partial charge in [0.1, 0.15) is 5.69 Å². The van der Waals surface area contributed by atoms with Crippen LogP contribution >= 0.6 is 0 Å². The highest BCUT2D eigenvalue weighted by molar-refractivity contribution is 5.70. The number of nitrogens with one attached hydrogen (secondary N) is 1. The van der Waals surface area contributed by atoms with Crippen LogP contribution in [0.1, 0.15) is 11.3 Å². The SMILES string of the molecule is Cc1cccc(-c2cccc(Nc3nccc(C(F)(F)F)n3)c2)c1. The minimum atomic E-state index is -4.50. The van der Waals surface area contributed by atoms with Crippen LogP contribution in [0.25, 0.3) is 11.1 Å². The molecule has 1 aromatic heterocycles. The Morgan fingerprint density at radius 1 is 0.917 bits per heavy atom. The third-order valence-electron chi connectivity index (χ3n) is 3.42. The van der Waals surface area contributed by atoms with Gasteiger partial charge in [-0.15, -0.1) is 0 Å². The molecule has 0 saturated carbocycles. The summed E-state index contributed by atoms with van der Waals surface area (Å²) in [5, 5.41) is 2.82. The van der Waals surface area contributed by atoms with Gasteiger partial charge >= 0.3 is 6.18 Å². The van der Waals surface area contributed by atoms with Gasteiger partial charge in [0, 0.05) is 11.9 Å². The fourth-order valence-electron chi connectivity index (χ4n) is 2.31. The molecule has 1 N–H and O–H groups in total. The van der Waals surface area contributed by atoms with Crippen LogP contribution in [0.4, 0.5) is 24.8 Å². The largest absolute Gasteiger partial charge is 0.433 e. The van der Waals surface area contributed by atoms with Gasteiger partial charge in [0.2, 0.25) is 5.95 Å². The van der Waals surface area contributed by atoms with Gasteiger partial charge in [-0.2, -0.15) is 13.2 Å². The standard InChI is InChI=1S/C18H14F3N3/c1-12-4-2-5-13(10-12)14-6-3-7-15(11-14)23-17-22-9-8-16(24-17)18(19,20)21/h2-11H,1H3,(H,22,23,24). The number of hydrogen-bond donors (Lipinski definition) is 1. The highest BCUT2D eigenvalue weighted by Gasteiger charge is 2.32. The lowest BCUT2D eigenvalue weighted by Crippen LogP contribution is -2.10. The molecule has 0 bridgehead atoms. The maximum atomic E-state index is 12.7. The number of nitrogens with zero attached hydrogens (tertiary/aromatic N) is 2. The van der Waals surface area contributed by atoms with Crippen molar-refractivity contribution in [3.05, 3.63) is 72.1 Å². The van der Waals surface area contributed by atoms with E-state index in [1.54, 1.807) is 6.07 Å². The number of rotatable bonds is 3. The lowest BCUT2D eigenvalue weighted by molar-refractivity contribution is -0.141. The number of halogens is 3. The predicted molar refractivity (Wildman–Crippen MR) is 86.9 cm³/mol. The van der Waals surface area contributed by atoms with Crippen LogP contribution in [-0.2, 0) is 6.18 Å². The molecule has 0 radical (unpaired) electrons. The van der Waals surface area contributed by atoms with Gasteiger partial charge in [0.25, 0.3) is 0 Å². The molecule has 0 spiro atoms. The van der Waals surface area contributed by atoms with Crippen molar-refractivity contribution >= 4 is 11.6 Å². The molecular formula is C18H14F3N3. The summed E-state index contributed by atoms with van der Waals surface area (Å²) in [7, 11) is 0. The predicted octanol–water partition coefficient (Wildman–Crippen LogP) is 5.21. The molecule has 3 rings (SSSR count). The van der Waals surface area contributed by atoms with Crippen molar-refractivity contribution in [2.75, 3.05) is 5.32 Å². The van der Waals surface area contributed by atoms with Crippen molar-refractivity contribution in [2.24, 2.45) is 0 Å². The second-order valence-corrected chi connectivity index (χ2v) is 5.34. The number of hydrogen-bond acceptors (Lipinski definition) is 3. The normalized spacial score (nSPS) is 11.3. The molecule has 122 valence electrons.